The molecule has 0 atom stereocenters. The second-order valence-corrected chi connectivity index (χ2v) is 6.02. The van der Waals surface area contributed by atoms with Crippen LogP contribution in [-0.2, 0) is 10.0 Å². The van der Waals surface area contributed by atoms with E-state index < -0.39 is 15.8 Å². The summed E-state index contributed by atoms with van der Waals surface area (Å²) in [5, 5.41) is 9.06. The molecule has 5 nitrogen and oxygen atoms in total. The Hall–Kier alpha value is -1.99. The van der Waals surface area contributed by atoms with Gasteiger partial charge in [0.2, 0.25) is 0 Å². The molecule has 0 aromatic heterocycles. The number of nitrogen functional groups attached to an aromatic ring is 1. The molecule has 0 bridgehead atoms. The Balaban J connectivity index is 2.41. The number of sulfonamides is 1. The van der Waals surface area contributed by atoms with E-state index >= 15 is 0 Å². The van der Waals surface area contributed by atoms with Crippen LogP contribution in [0.25, 0.3) is 0 Å². The van der Waals surface area contributed by atoms with Crippen LogP contribution in [0.5, 0.6) is 5.75 Å². The van der Waals surface area contributed by atoms with Crippen molar-refractivity contribution in [2.24, 2.45) is 0 Å². The van der Waals surface area contributed by atoms with E-state index in [0.29, 0.717) is 0 Å². The Morgan fingerprint density at radius 1 is 1.25 bits per heavy atom. The lowest BCUT2D eigenvalue weighted by Gasteiger charge is -2.10. The lowest BCUT2D eigenvalue weighted by atomic mass is 10.3. The molecular formula is C12H10ClFN2O3S. The maximum Gasteiger partial charge on any atom is 0.262 e. The standard InChI is InChI=1S/C12H10ClFN2O3S/c13-8-2-1-3-10(12(8)14)16-20(18,19)7-4-5-11(17)9(15)6-7/h1-6,16-17H,15H2. The minimum absolute atomic E-state index is 0.0977. The van der Waals surface area contributed by atoms with Crippen molar-refractivity contribution >= 4 is 33.0 Å². The molecule has 0 amide bonds. The molecule has 0 saturated carbocycles. The minimum Gasteiger partial charge on any atom is -0.506 e. The summed E-state index contributed by atoms with van der Waals surface area (Å²) in [7, 11) is -4.03. The van der Waals surface area contributed by atoms with Crippen molar-refractivity contribution < 1.29 is 17.9 Å². The Morgan fingerprint density at radius 2 is 1.95 bits per heavy atom. The highest BCUT2D eigenvalue weighted by atomic mass is 35.5. The minimum atomic E-state index is -4.03. The van der Waals surface area contributed by atoms with Crippen molar-refractivity contribution in [2.45, 2.75) is 4.90 Å². The summed E-state index contributed by atoms with van der Waals surface area (Å²) in [5.41, 5.74) is 5.06. The molecule has 8 heteroatoms. The van der Waals surface area contributed by atoms with Gasteiger partial charge in [-0.25, -0.2) is 12.8 Å². The van der Waals surface area contributed by atoms with E-state index in [2.05, 4.69) is 4.72 Å². The summed E-state index contributed by atoms with van der Waals surface area (Å²) < 4.78 is 39.9. The first-order valence-corrected chi connectivity index (χ1v) is 7.23. The van der Waals surface area contributed by atoms with Gasteiger partial charge in [-0.1, -0.05) is 17.7 Å². The van der Waals surface area contributed by atoms with E-state index in [1.54, 1.807) is 0 Å². The van der Waals surface area contributed by atoms with Crippen molar-refractivity contribution in [3.63, 3.8) is 0 Å². The van der Waals surface area contributed by atoms with Gasteiger partial charge >= 0.3 is 0 Å². The first-order chi connectivity index (χ1) is 9.31. The van der Waals surface area contributed by atoms with Crippen molar-refractivity contribution in [2.75, 3.05) is 10.5 Å². The number of phenols is 1. The van der Waals surface area contributed by atoms with Gasteiger partial charge in [-0.2, -0.15) is 0 Å². The van der Waals surface area contributed by atoms with Crippen LogP contribution in [-0.4, -0.2) is 13.5 Å². The zero-order valence-corrected chi connectivity index (χ0v) is 11.5. The molecule has 0 fully saturated rings. The maximum atomic E-state index is 13.7. The molecule has 20 heavy (non-hydrogen) atoms. The van der Waals surface area contributed by atoms with Gasteiger partial charge in [0.15, 0.2) is 5.82 Å². The normalized spacial score (nSPS) is 11.3. The van der Waals surface area contributed by atoms with Gasteiger partial charge in [-0.3, -0.25) is 4.72 Å². The van der Waals surface area contributed by atoms with E-state index in [1.165, 1.54) is 18.2 Å². The average Bonchev–Trinajstić information content (AvgIpc) is 2.38. The van der Waals surface area contributed by atoms with Crippen molar-refractivity contribution in [3.05, 3.63) is 47.2 Å². The summed E-state index contributed by atoms with van der Waals surface area (Å²) in [6.07, 6.45) is 0. The van der Waals surface area contributed by atoms with E-state index in [1.807, 2.05) is 0 Å². The SMILES string of the molecule is Nc1cc(S(=O)(=O)Nc2cccc(Cl)c2F)ccc1O. The van der Waals surface area contributed by atoms with Gasteiger partial charge in [0, 0.05) is 0 Å². The number of aromatic hydroxyl groups is 1. The third-order valence-corrected chi connectivity index (χ3v) is 4.16. The molecule has 0 saturated heterocycles. The van der Waals surface area contributed by atoms with Crippen LogP contribution < -0.4 is 10.5 Å². The topological polar surface area (TPSA) is 92.4 Å². The number of nitrogens with one attached hydrogen (secondary N) is 1. The molecule has 0 radical (unpaired) electrons. The molecule has 0 aliphatic carbocycles. The Kier molecular flexibility index (Phi) is 3.74. The highest BCUT2D eigenvalue weighted by molar-refractivity contribution is 7.92. The van der Waals surface area contributed by atoms with Crippen molar-refractivity contribution in [1.82, 2.24) is 0 Å². The van der Waals surface area contributed by atoms with E-state index in [4.69, 9.17) is 17.3 Å². The summed E-state index contributed by atoms with van der Waals surface area (Å²) in [6, 6.07) is 7.30. The number of rotatable bonds is 3. The van der Waals surface area contributed by atoms with Crippen LogP contribution >= 0.6 is 11.6 Å². The average molecular weight is 317 g/mol. The lowest BCUT2D eigenvalue weighted by molar-refractivity contribution is 0.477. The quantitative estimate of drug-likeness (QED) is 0.599. The second-order valence-electron chi connectivity index (χ2n) is 3.93. The molecule has 0 spiro atoms. The Bertz CT molecular complexity index is 765. The first-order valence-electron chi connectivity index (χ1n) is 5.36. The van der Waals surface area contributed by atoms with Crippen LogP contribution in [0.3, 0.4) is 0 Å². The zero-order valence-electron chi connectivity index (χ0n) is 9.97. The molecule has 0 heterocycles. The number of anilines is 2. The van der Waals surface area contributed by atoms with Gasteiger partial charge in [0.05, 0.1) is 21.3 Å². The highest BCUT2D eigenvalue weighted by Gasteiger charge is 2.18. The van der Waals surface area contributed by atoms with E-state index in [-0.39, 0.29) is 27.0 Å². The summed E-state index contributed by atoms with van der Waals surface area (Å²) >= 11 is 5.57. The maximum absolute atomic E-state index is 13.7. The lowest BCUT2D eigenvalue weighted by Crippen LogP contribution is -2.14. The number of halogens is 2. The molecule has 0 unspecified atom stereocenters. The van der Waals surface area contributed by atoms with Gasteiger partial charge in [0.1, 0.15) is 5.75 Å². The molecule has 106 valence electrons. The number of hydrogen-bond donors (Lipinski definition) is 3. The van der Waals surface area contributed by atoms with Gasteiger partial charge in [0.25, 0.3) is 10.0 Å². The van der Waals surface area contributed by atoms with Crippen molar-refractivity contribution in [3.8, 4) is 5.75 Å². The van der Waals surface area contributed by atoms with Gasteiger partial charge < -0.3 is 10.8 Å². The highest BCUT2D eigenvalue weighted by Crippen LogP contribution is 2.27. The molecular weight excluding hydrogens is 307 g/mol. The summed E-state index contributed by atoms with van der Waals surface area (Å²) in [4.78, 5) is -0.202. The van der Waals surface area contributed by atoms with Crippen LogP contribution in [0.1, 0.15) is 0 Å². The molecule has 2 aromatic rings. The largest absolute Gasteiger partial charge is 0.506 e. The monoisotopic (exact) mass is 316 g/mol. The van der Waals surface area contributed by atoms with Gasteiger partial charge in [-0.15, -0.1) is 0 Å². The van der Waals surface area contributed by atoms with Crippen LogP contribution in [0.2, 0.25) is 5.02 Å². The predicted octanol–water partition coefficient (Wildman–Crippen LogP) is 2.57. The first kappa shape index (κ1) is 14.4. The molecule has 4 N–H and O–H groups in total. The fourth-order valence-corrected chi connectivity index (χ4v) is 2.75. The number of nitrogens with two attached hydrogens (primary N) is 1. The smallest absolute Gasteiger partial charge is 0.262 e. The van der Waals surface area contributed by atoms with E-state index in [0.717, 1.165) is 18.2 Å². The summed E-state index contributed by atoms with van der Waals surface area (Å²) in [6.45, 7) is 0. The van der Waals surface area contributed by atoms with E-state index in [9.17, 15) is 17.9 Å². The number of hydrogen-bond acceptors (Lipinski definition) is 4. The van der Waals surface area contributed by atoms with Crippen LogP contribution in [0, 0.1) is 5.82 Å². The van der Waals surface area contributed by atoms with Gasteiger partial charge in [-0.05, 0) is 30.3 Å². The molecule has 0 aliphatic rings. The second kappa shape index (κ2) is 5.18. The number of benzene rings is 2. The molecule has 0 aliphatic heterocycles. The number of phenolic OH excluding ortho intramolecular Hbond substituents is 1. The molecule has 2 rings (SSSR count). The fraction of sp³-hybridized carbons (Fsp3) is 0. The Morgan fingerprint density at radius 3 is 2.60 bits per heavy atom. The van der Waals surface area contributed by atoms with Crippen LogP contribution in [0.15, 0.2) is 41.3 Å². The zero-order chi connectivity index (χ0) is 14.9. The molecule has 2 aromatic carbocycles. The fourth-order valence-electron chi connectivity index (χ4n) is 1.49. The summed E-state index contributed by atoms with van der Waals surface area (Å²) in [5.74, 6) is -1.11. The van der Waals surface area contributed by atoms with Crippen molar-refractivity contribution in [1.29, 1.82) is 0 Å². The predicted molar refractivity (Wildman–Crippen MR) is 74.7 cm³/mol. The third kappa shape index (κ3) is 2.78. The Labute approximate surface area is 119 Å². The van der Waals surface area contributed by atoms with Crippen LogP contribution in [0.4, 0.5) is 15.8 Å². The third-order valence-electron chi connectivity index (χ3n) is 2.51.